The van der Waals surface area contributed by atoms with Crippen LogP contribution in [0.25, 0.3) is 11.1 Å². The molecule has 1 aliphatic heterocycles. The number of fused-ring (bicyclic) bond motifs is 3. The topological polar surface area (TPSA) is 49.8 Å². The summed E-state index contributed by atoms with van der Waals surface area (Å²) in [6.45, 7) is 3.27. The first-order valence-corrected chi connectivity index (χ1v) is 8.43. The van der Waals surface area contributed by atoms with Crippen molar-refractivity contribution in [2.24, 2.45) is 5.92 Å². The van der Waals surface area contributed by atoms with Crippen LogP contribution in [-0.4, -0.2) is 41.9 Å². The molecule has 0 aromatic heterocycles. The molecule has 0 saturated carbocycles. The Labute approximate surface area is 141 Å². The van der Waals surface area contributed by atoms with Crippen LogP contribution in [0.5, 0.6) is 0 Å². The normalized spacial score (nSPS) is 17.8. The van der Waals surface area contributed by atoms with Crippen LogP contribution in [0.2, 0.25) is 0 Å². The molecule has 2 aliphatic rings. The number of rotatable bonds is 3. The highest BCUT2D eigenvalue weighted by atomic mass is 16.6. The fourth-order valence-corrected chi connectivity index (χ4v) is 3.65. The largest absolute Gasteiger partial charge is 0.448 e. The number of hydrogen-bond donors (Lipinski definition) is 1. The molecule has 0 unspecified atom stereocenters. The molecule has 2 aromatic rings. The smallest absolute Gasteiger partial charge is 0.409 e. The number of ether oxygens (including phenoxy) is 1. The van der Waals surface area contributed by atoms with Crippen LogP contribution in [0.4, 0.5) is 4.79 Å². The van der Waals surface area contributed by atoms with Gasteiger partial charge in [0.15, 0.2) is 0 Å². The summed E-state index contributed by atoms with van der Waals surface area (Å²) in [7, 11) is 0. The summed E-state index contributed by atoms with van der Waals surface area (Å²) in [6, 6.07) is 16.6. The number of likely N-dealkylation sites (tertiary alicyclic amines) is 1. The number of aliphatic hydroxyl groups is 1. The van der Waals surface area contributed by atoms with Crippen LogP contribution in [0, 0.1) is 5.92 Å². The molecule has 1 fully saturated rings. The lowest BCUT2D eigenvalue weighted by Gasteiger charge is -2.39. The van der Waals surface area contributed by atoms with Crippen molar-refractivity contribution >= 4 is 6.09 Å². The Hall–Kier alpha value is -2.33. The summed E-state index contributed by atoms with van der Waals surface area (Å²) < 4.78 is 5.58. The van der Waals surface area contributed by atoms with E-state index in [4.69, 9.17) is 4.74 Å². The molecule has 0 bridgehead atoms. The monoisotopic (exact) mass is 323 g/mol. The van der Waals surface area contributed by atoms with E-state index in [0.717, 1.165) is 0 Å². The van der Waals surface area contributed by atoms with Gasteiger partial charge in [-0.05, 0) is 29.2 Å². The van der Waals surface area contributed by atoms with Crippen LogP contribution >= 0.6 is 0 Å². The zero-order chi connectivity index (χ0) is 16.7. The quantitative estimate of drug-likeness (QED) is 0.943. The molecule has 124 valence electrons. The van der Waals surface area contributed by atoms with Gasteiger partial charge in [-0.1, -0.05) is 48.5 Å². The average Bonchev–Trinajstić information content (AvgIpc) is 2.85. The molecule has 4 rings (SSSR count). The molecule has 1 amide bonds. The first kappa shape index (κ1) is 15.2. The van der Waals surface area contributed by atoms with Gasteiger partial charge in [-0.2, -0.15) is 0 Å². The third-order valence-corrected chi connectivity index (χ3v) is 5.19. The Morgan fingerprint density at radius 3 is 2.21 bits per heavy atom. The van der Waals surface area contributed by atoms with Gasteiger partial charge < -0.3 is 14.7 Å². The van der Waals surface area contributed by atoms with Crippen LogP contribution < -0.4 is 0 Å². The maximum absolute atomic E-state index is 12.2. The Bertz CT molecular complexity index is 719. The number of benzene rings is 2. The van der Waals surface area contributed by atoms with E-state index in [9.17, 15) is 9.90 Å². The van der Waals surface area contributed by atoms with Gasteiger partial charge in [0.25, 0.3) is 0 Å². The first-order valence-electron chi connectivity index (χ1n) is 8.43. The van der Waals surface area contributed by atoms with E-state index in [1.54, 1.807) is 11.8 Å². The van der Waals surface area contributed by atoms with Crippen molar-refractivity contribution < 1.29 is 14.6 Å². The minimum atomic E-state index is -0.373. The summed E-state index contributed by atoms with van der Waals surface area (Å²) in [6.07, 6.45) is -0.656. The summed E-state index contributed by atoms with van der Waals surface area (Å²) in [5, 5.41) is 9.51. The van der Waals surface area contributed by atoms with E-state index in [0.29, 0.717) is 19.7 Å². The van der Waals surface area contributed by atoms with Gasteiger partial charge in [0.05, 0.1) is 6.10 Å². The number of carbonyl (C=O) groups is 1. The molecule has 1 saturated heterocycles. The maximum Gasteiger partial charge on any atom is 0.409 e. The van der Waals surface area contributed by atoms with Crippen LogP contribution in [0.15, 0.2) is 48.5 Å². The Kier molecular flexibility index (Phi) is 3.77. The van der Waals surface area contributed by atoms with E-state index >= 15 is 0 Å². The molecular weight excluding hydrogens is 302 g/mol. The van der Waals surface area contributed by atoms with Crippen molar-refractivity contribution in [3.63, 3.8) is 0 Å². The third-order valence-electron chi connectivity index (χ3n) is 5.19. The van der Waals surface area contributed by atoms with Gasteiger partial charge in [-0.25, -0.2) is 4.79 Å². The number of aliphatic hydroxyl groups excluding tert-OH is 1. The van der Waals surface area contributed by atoms with E-state index < -0.39 is 0 Å². The van der Waals surface area contributed by atoms with Crippen LogP contribution in [0.1, 0.15) is 24.0 Å². The molecule has 24 heavy (non-hydrogen) atoms. The van der Waals surface area contributed by atoms with Crippen molar-refractivity contribution in [1.29, 1.82) is 0 Å². The summed E-state index contributed by atoms with van der Waals surface area (Å²) in [4.78, 5) is 13.9. The predicted octanol–water partition coefficient (Wildman–Crippen LogP) is 3.25. The van der Waals surface area contributed by atoms with Crippen molar-refractivity contribution in [1.82, 2.24) is 4.90 Å². The lowest BCUT2D eigenvalue weighted by atomic mass is 9.95. The lowest BCUT2D eigenvalue weighted by Crippen LogP contribution is -2.54. The highest BCUT2D eigenvalue weighted by Crippen LogP contribution is 2.44. The van der Waals surface area contributed by atoms with Crippen molar-refractivity contribution in [2.75, 3.05) is 19.7 Å². The maximum atomic E-state index is 12.2. The van der Waals surface area contributed by atoms with E-state index in [1.165, 1.54) is 22.3 Å². The summed E-state index contributed by atoms with van der Waals surface area (Å²) in [5.74, 6) is 0.265. The molecule has 1 aliphatic carbocycles. The van der Waals surface area contributed by atoms with Gasteiger partial charge >= 0.3 is 6.09 Å². The Morgan fingerprint density at radius 2 is 1.67 bits per heavy atom. The van der Waals surface area contributed by atoms with Crippen LogP contribution in [0.3, 0.4) is 0 Å². The number of nitrogens with zero attached hydrogens (tertiary/aromatic N) is 1. The molecule has 2 aromatic carbocycles. The predicted molar refractivity (Wildman–Crippen MR) is 91.8 cm³/mol. The van der Waals surface area contributed by atoms with Gasteiger partial charge in [0, 0.05) is 24.9 Å². The zero-order valence-corrected chi connectivity index (χ0v) is 13.7. The number of carbonyl (C=O) groups excluding carboxylic acids is 1. The van der Waals surface area contributed by atoms with Gasteiger partial charge in [-0.3, -0.25) is 0 Å². The van der Waals surface area contributed by atoms with Crippen LogP contribution in [-0.2, 0) is 4.74 Å². The zero-order valence-electron chi connectivity index (χ0n) is 13.7. The average molecular weight is 323 g/mol. The fourth-order valence-electron chi connectivity index (χ4n) is 3.65. The highest BCUT2D eigenvalue weighted by Gasteiger charge is 2.35. The standard InChI is InChI=1S/C20H21NO3/c1-13(22)14-10-21(11-14)20(23)24-12-19-17-8-4-2-6-15(17)16-7-3-5-9-18(16)19/h2-9,13-14,19,22H,10-12H2,1H3/t13-/m1/s1. The molecule has 4 nitrogen and oxygen atoms in total. The third kappa shape index (κ3) is 2.47. The SMILES string of the molecule is C[C@@H](O)C1CN(C(=O)OCC2c3ccccc3-c3ccccc32)C1. The Balaban J connectivity index is 1.47. The molecule has 0 spiro atoms. The molecule has 1 heterocycles. The molecule has 1 N–H and O–H groups in total. The van der Waals surface area contributed by atoms with Crippen molar-refractivity contribution in [2.45, 2.75) is 18.9 Å². The van der Waals surface area contributed by atoms with E-state index in [2.05, 4.69) is 24.3 Å². The van der Waals surface area contributed by atoms with E-state index in [1.807, 2.05) is 24.3 Å². The van der Waals surface area contributed by atoms with Gasteiger partial charge in [0.1, 0.15) is 6.61 Å². The minimum absolute atomic E-state index is 0.0928. The molecule has 1 atom stereocenters. The van der Waals surface area contributed by atoms with Crippen molar-refractivity contribution in [3.8, 4) is 11.1 Å². The molecular formula is C20H21NO3. The molecule has 0 radical (unpaired) electrons. The summed E-state index contributed by atoms with van der Waals surface area (Å²) >= 11 is 0. The Morgan fingerprint density at radius 1 is 1.12 bits per heavy atom. The second kappa shape index (κ2) is 5.95. The molecule has 4 heteroatoms. The number of amides is 1. The van der Waals surface area contributed by atoms with E-state index in [-0.39, 0.29) is 24.0 Å². The van der Waals surface area contributed by atoms with Gasteiger partial charge in [0.2, 0.25) is 0 Å². The summed E-state index contributed by atoms with van der Waals surface area (Å²) in [5.41, 5.74) is 4.90. The number of hydrogen-bond acceptors (Lipinski definition) is 3. The first-order chi connectivity index (χ1) is 11.6. The second-order valence-corrected chi connectivity index (χ2v) is 6.71. The fraction of sp³-hybridized carbons (Fsp3) is 0.350. The lowest BCUT2D eigenvalue weighted by molar-refractivity contribution is 0.00127. The second-order valence-electron chi connectivity index (χ2n) is 6.71. The van der Waals surface area contributed by atoms with Crippen molar-refractivity contribution in [3.05, 3.63) is 59.7 Å². The highest BCUT2D eigenvalue weighted by molar-refractivity contribution is 5.79. The van der Waals surface area contributed by atoms with Gasteiger partial charge in [-0.15, -0.1) is 0 Å². The minimum Gasteiger partial charge on any atom is -0.448 e.